The molecule has 0 unspecified atom stereocenters. The number of oxazole rings is 1. The van der Waals surface area contributed by atoms with Gasteiger partial charge >= 0.3 is 0 Å². The van der Waals surface area contributed by atoms with Crippen LogP contribution in [0.15, 0.2) is 53.5 Å². The van der Waals surface area contributed by atoms with E-state index in [-0.39, 0.29) is 11.3 Å². The number of rotatable bonds is 4. The first-order valence-corrected chi connectivity index (χ1v) is 9.77. The van der Waals surface area contributed by atoms with Crippen molar-refractivity contribution in [1.82, 2.24) is 29.1 Å². The molecule has 9 nitrogen and oxygen atoms in total. The zero-order chi connectivity index (χ0) is 22.4. The first kappa shape index (κ1) is 19.6. The lowest BCUT2D eigenvalue weighted by Crippen LogP contribution is -2.12. The van der Waals surface area contributed by atoms with Crippen LogP contribution in [0.3, 0.4) is 0 Å². The molecule has 0 atom stereocenters. The van der Waals surface area contributed by atoms with Gasteiger partial charge in [0.05, 0.1) is 17.1 Å². The van der Waals surface area contributed by atoms with E-state index in [9.17, 15) is 9.18 Å². The fourth-order valence-corrected chi connectivity index (χ4v) is 3.45. The van der Waals surface area contributed by atoms with Crippen LogP contribution in [0.1, 0.15) is 22.1 Å². The number of benzene rings is 1. The van der Waals surface area contributed by atoms with Crippen LogP contribution >= 0.6 is 0 Å². The van der Waals surface area contributed by atoms with Crippen LogP contribution in [0.5, 0.6) is 0 Å². The molecular formula is C22H18FN7O2. The molecule has 0 bridgehead atoms. The number of amides is 1. The summed E-state index contributed by atoms with van der Waals surface area (Å²) in [6, 6.07) is 6.15. The van der Waals surface area contributed by atoms with Crippen LogP contribution in [-0.2, 0) is 7.05 Å². The van der Waals surface area contributed by atoms with Crippen LogP contribution in [0, 0.1) is 19.7 Å². The number of nitrogens with zero attached hydrogens (tertiary/aromatic N) is 6. The van der Waals surface area contributed by atoms with Crippen molar-refractivity contribution in [2.24, 2.45) is 7.05 Å². The molecule has 0 aliphatic rings. The quantitative estimate of drug-likeness (QED) is 0.464. The lowest BCUT2D eigenvalue weighted by molar-refractivity contribution is 0.0994. The fraction of sp³-hybridized carbons (Fsp3) is 0.136. The molecule has 160 valence electrons. The van der Waals surface area contributed by atoms with Crippen molar-refractivity contribution in [3.05, 3.63) is 72.2 Å². The SMILES string of the molecule is Cc1nc(C)c(C(=O)Nc2ccc(F)c(-c3cn4cc(-c5ccn(C)n5)cnc4n3)c2)o1. The highest BCUT2D eigenvalue weighted by Gasteiger charge is 2.18. The first-order chi connectivity index (χ1) is 15.4. The highest BCUT2D eigenvalue weighted by Crippen LogP contribution is 2.27. The summed E-state index contributed by atoms with van der Waals surface area (Å²) in [5.74, 6) is 0.00345. The molecule has 0 aliphatic carbocycles. The second kappa shape index (κ2) is 7.41. The molecule has 1 N–H and O–H groups in total. The average Bonchev–Trinajstić information content (AvgIpc) is 3.46. The topological polar surface area (TPSA) is 103 Å². The van der Waals surface area contributed by atoms with Crippen LogP contribution in [0.25, 0.3) is 28.3 Å². The maximum Gasteiger partial charge on any atom is 0.293 e. The summed E-state index contributed by atoms with van der Waals surface area (Å²) in [4.78, 5) is 25.4. The first-order valence-electron chi connectivity index (χ1n) is 9.77. The summed E-state index contributed by atoms with van der Waals surface area (Å²) in [5.41, 5.74) is 3.08. The molecule has 5 aromatic rings. The van der Waals surface area contributed by atoms with Crippen LogP contribution < -0.4 is 5.32 Å². The van der Waals surface area contributed by atoms with Gasteiger partial charge in [0.2, 0.25) is 11.5 Å². The van der Waals surface area contributed by atoms with E-state index in [0.717, 1.165) is 11.3 Å². The Morgan fingerprint density at radius 1 is 1.12 bits per heavy atom. The number of aromatic nitrogens is 6. The minimum Gasteiger partial charge on any atom is -0.436 e. The van der Waals surface area contributed by atoms with Gasteiger partial charge < -0.3 is 9.73 Å². The lowest BCUT2D eigenvalue weighted by atomic mass is 10.1. The van der Waals surface area contributed by atoms with Gasteiger partial charge in [-0.05, 0) is 31.2 Å². The molecule has 4 aromatic heterocycles. The largest absolute Gasteiger partial charge is 0.436 e. The summed E-state index contributed by atoms with van der Waals surface area (Å²) >= 11 is 0. The number of nitrogens with one attached hydrogen (secondary N) is 1. The average molecular weight is 431 g/mol. The van der Waals surface area contributed by atoms with Gasteiger partial charge in [0.25, 0.3) is 5.91 Å². The van der Waals surface area contributed by atoms with Crippen molar-refractivity contribution in [3.63, 3.8) is 0 Å². The van der Waals surface area contributed by atoms with E-state index in [0.29, 0.717) is 28.7 Å². The Kier molecular flexibility index (Phi) is 4.54. The predicted octanol–water partition coefficient (Wildman–Crippen LogP) is 3.79. The number of hydrogen-bond donors (Lipinski definition) is 1. The summed E-state index contributed by atoms with van der Waals surface area (Å²) < 4.78 is 23.4. The van der Waals surface area contributed by atoms with Gasteiger partial charge in [-0.15, -0.1) is 0 Å². The number of carbonyl (C=O) groups excluding carboxylic acids is 1. The standard InChI is InChI=1S/C22H18FN7O2/c1-12-20(32-13(2)25-12)21(31)26-15-4-5-17(23)16(8-15)19-11-30-10-14(9-24-22(30)27-19)18-6-7-29(3)28-18/h4-11H,1-3H3,(H,26,31). The third kappa shape index (κ3) is 3.51. The molecule has 1 aromatic carbocycles. The van der Waals surface area contributed by atoms with E-state index < -0.39 is 11.7 Å². The van der Waals surface area contributed by atoms with E-state index in [1.54, 1.807) is 35.3 Å². The summed E-state index contributed by atoms with van der Waals surface area (Å²) in [6.07, 6.45) is 7.03. The van der Waals surface area contributed by atoms with Crippen LogP contribution in [0.4, 0.5) is 10.1 Å². The van der Waals surface area contributed by atoms with Gasteiger partial charge in [-0.25, -0.2) is 19.3 Å². The summed E-state index contributed by atoms with van der Waals surface area (Å²) in [5, 5.41) is 7.09. The Hall–Kier alpha value is -4.34. The molecule has 0 saturated heterocycles. The monoisotopic (exact) mass is 431 g/mol. The van der Waals surface area contributed by atoms with Crippen molar-refractivity contribution < 1.29 is 13.6 Å². The zero-order valence-electron chi connectivity index (χ0n) is 17.5. The Morgan fingerprint density at radius 2 is 1.97 bits per heavy atom. The van der Waals surface area contributed by atoms with Crippen molar-refractivity contribution in [2.45, 2.75) is 13.8 Å². The number of fused-ring (bicyclic) bond motifs is 1. The lowest BCUT2D eigenvalue weighted by Gasteiger charge is -2.06. The summed E-state index contributed by atoms with van der Waals surface area (Å²) in [6.45, 7) is 3.35. The van der Waals surface area contributed by atoms with Crippen molar-refractivity contribution >= 4 is 17.4 Å². The fourth-order valence-electron chi connectivity index (χ4n) is 3.45. The molecule has 0 radical (unpaired) electrons. The van der Waals surface area contributed by atoms with Gasteiger partial charge in [0.1, 0.15) is 5.82 Å². The molecular weight excluding hydrogens is 413 g/mol. The molecule has 1 amide bonds. The van der Waals surface area contributed by atoms with Gasteiger partial charge in [-0.3, -0.25) is 13.9 Å². The molecule has 0 aliphatic heterocycles. The normalized spacial score (nSPS) is 11.2. The highest BCUT2D eigenvalue weighted by atomic mass is 19.1. The second-order valence-electron chi connectivity index (χ2n) is 7.35. The van der Waals surface area contributed by atoms with E-state index in [2.05, 4.69) is 25.4 Å². The van der Waals surface area contributed by atoms with E-state index in [1.807, 2.05) is 25.5 Å². The minimum absolute atomic E-state index is 0.118. The zero-order valence-corrected chi connectivity index (χ0v) is 17.5. The minimum atomic E-state index is -0.469. The molecule has 5 rings (SSSR count). The van der Waals surface area contributed by atoms with Gasteiger partial charge in [-0.2, -0.15) is 5.10 Å². The Morgan fingerprint density at radius 3 is 2.69 bits per heavy atom. The molecule has 4 heterocycles. The summed E-state index contributed by atoms with van der Waals surface area (Å²) in [7, 11) is 1.84. The van der Waals surface area contributed by atoms with Crippen molar-refractivity contribution in [2.75, 3.05) is 5.32 Å². The number of imidazole rings is 1. The van der Waals surface area contributed by atoms with Gasteiger partial charge in [-0.1, -0.05) is 0 Å². The van der Waals surface area contributed by atoms with Gasteiger partial charge in [0, 0.05) is 55.6 Å². The molecule has 10 heteroatoms. The van der Waals surface area contributed by atoms with E-state index in [1.165, 1.54) is 18.2 Å². The predicted molar refractivity (Wildman–Crippen MR) is 115 cm³/mol. The van der Waals surface area contributed by atoms with E-state index in [4.69, 9.17) is 4.42 Å². The molecule has 32 heavy (non-hydrogen) atoms. The maximum atomic E-state index is 14.6. The third-order valence-corrected chi connectivity index (χ3v) is 4.93. The van der Waals surface area contributed by atoms with Crippen LogP contribution in [0.2, 0.25) is 0 Å². The smallest absolute Gasteiger partial charge is 0.293 e. The molecule has 0 saturated carbocycles. The van der Waals surface area contributed by atoms with Crippen molar-refractivity contribution in [3.8, 4) is 22.5 Å². The third-order valence-electron chi connectivity index (χ3n) is 4.93. The number of halogens is 1. The Labute approximate surface area is 181 Å². The number of aryl methyl sites for hydroxylation is 3. The maximum absolute atomic E-state index is 14.6. The van der Waals surface area contributed by atoms with Gasteiger partial charge in [0.15, 0.2) is 5.89 Å². The molecule has 0 spiro atoms. The Bertz CT molecular complexity index is 1480. The second-order valence-corrected chi connectivity index (χ2v) is 7.35. The number of carbonyl (C=O) groups is 1. The van der Waals surface area contributed by atoms with Crippen LogP contribution in [-0.4, -0.2) is 35.0 Å². The Balaban J connectivity index is 1.47. The van der Waals surface area contributed by atoms with Crippen molar-refractivity contribution in [1.29, 1.82) is 0 Å². The highest BCUT2D eigenvalue weighted by molar-refractivity contribution is 6.03. The molecule has 0 fully saturated rings. The number of hydrogen-bond acceptors (Lipinski definition) is 6. The van der Waals surface area contributed by atoms with E-state index >= 15 is 0 Å². The number of anilines is 1.